The summed E-state index contributed by atoms with van der Waals surface area (Å²) >= 11 is 5.57. The van der Waals surface area contributed by atoms with Gasteiger partial charge < -0.3 is 15.1 Å². The van der Waals surface area contributed by atoms with Gasteiger partial charge in [0.15, 0.2) is 5.11 Å². The number of amides is 1. The van der Waals surface area contributed by atoms with E-state index in [2.05, 4.69) is 41.4 Å². The summed E-state index contributed by atoms with van der Waals surface area (Å²) in [5, 5.41) is 4.05. The van der Waals surface area contributed by atoms with Crippen molar-refractivity contribution in [3.05, 3.63) is 65.7 Å². The van der Waals surface area contributed by atoms with Gasteiger partial charge in [0.05, 0.1) is 0 Å². The summed E-state index contributed by atoms with van der Waals surface area (Å²) in [5.41, 5.74) is 3.12. The van der Waals surface area contributed by atoms with Crippen molar-refractivity contribution in [1.29, 1.82) is 0 Å². The van der Waals surface area contributed by atoms with Crippen molar-refractivity contribution in [2.45, 2.75) is 26.2 Å². The third-order valence-corrected chi connectivity index (χ3v) is 5.26. The first-order chi connectivity index (χ1) is 13.2. The number of anilines is 1. The molecule has 1 amide bonds. The van der Waals surface area contributed by atoms with Gasteiger partial charge in [-0.05, 0) is 54.9 Å². The molecule has 142 valence electrons. The van der Waals surface area contributed by atoms with Gasteiger partial charge in [0.25, 0.3) is 5.91 Å². The van der Waals surface area contributed by atoms with Gasteiger partial charge in [-0.2, -0.15) is 0 Å². The Morgan fingerprint density at radius 1 is 0.963 bits per heavy atom. The molecule has 1 aliphatic heterocycles. The fourth-order valence-electron chi connectivity index (χ4n) is 3.21. The molecule has 0 spiro atoms. The number of piperazine rings is 1. The number of carbonyl (C=O) groups excluding carboxylic acids is 1. The van der Waals surface area contributed by atoms with Crippen LogP contribution in [0.15, 0.2) is 54.6 Å². The van der Waals surface area contributed by atoms with E-state index < -0.39 is 0 Å². The van der Waals surface area contributed by atoms with E-state index in [0.717, 1.165) is 35.9 Å². The van der Waals surface area contributed by atoms with Crippen molar-refractivity contribution in [2.75, 3.05) is 31.5 Å². The van der Waals surface area contributed by atoms with Gasteiger partial charge in [0.1, 0.15) is 0 Å². The molecular formula is C22H27N3OS. The smallest absolute Gasteiger partial charge is 0.253 e. The van der Waals surface area contributed by atoms with E-state index in [-0.39, 0.29) is 5.91 Å². The van der Waals surface area contributed by atoms with E-state index in [9.17, 15) is 4.79 Å². The number of hydrogen-bond donors (Lipinski definition) is 1. The third kappa shape index (κ3) is 5.30. The van der Waals surface area contributed by atoms with Crippen LogP contribution in [0.1, 0.15) is 35.7 Å². The van der Waals surface area contributed by atoms with E-state index >= 15 is 0 Å². The molecule has 5 heteroatoms. The number of nitrogens with one attached hydrogen (secondary N) is 1. The maximum Gasteiger partial charge on any atom is 0.253 e. The minimum Gasteiger partial charge on any atom is -0.345 e. The molecule has 0 aromatic heterocycles. The van der Waals surface area contributed by atoms with Crippen LogP contribution in [0.4, 0.5) is 5.69 Å². The molecule has 4 nitrogen and oxygen atoms in total. The van der Waals surface area contributed by atoms with Crippen molar-refractivity contribution in [1.82, 2.24) is 9.80 Å². The number of hydrogen-bond acceptors (Lipinski definition) is 2. The molecule has 0 radical (unpaired) electrons. The second-order valence-corrected chi connectivity index (χ2v) is 7.26. The molecule has 1 heterocycles. The molecule has 3 rings (SSSR count). The lowest BCUT2D eigenvalue weighted by molar-refractivity contribution is 0.0693. The average molecular weight is 382 g/mol. The minimum atomic E-state index is 0.0943. The van der Waals surface area contributed by atoms with E-state index in [1.54, 1.807) is 0 Å². The standard InChI is InChI=1S/C22H27N3OS/c1-2-3-7-18-10-12-20(13-11-18)23-22(27)25-16-14-24(15-17-25)21(26)19-8-5-4-6-9-19/h4-6,8-13H,2-3,7,14-17H2,1H3,(H,23,27). The fraction of sp³-hybridized carbons (Fsp3) is 0.364. The number of nitrogens with zero attached hydrogens (tertiary/aromatic N) is 2. The summed E-state index contributed by atoms with van der Waals surface area (Å²) in [4.78, 5) is 16.6. The Labute approximate surface area is 167 Å². The average Bonchev–Trinajstić information content (AvgIpc) is 2.73. The molecule has 0 atom stereocenters. The SMILES string of the molecule is CCCCc1ccc(NC(=S)N2CCN(C(=O)c3ccccc3)CC2)cc1. The fourth-order valence-corrected chi connectivity index (χ4v) is 3.51. The number of thiocarbonyl (C=S) groups is 1. The lowest BCUT2D eigenvalue weighted by atomic mass is 10.1. The summed E-state index contributed by atoms with van der Waals surface area (Å²) in [7, 11) is 0. The van der Waals surface area contributed by atoms with E-state index in [1.165, 1.54) is 18.4 Å². The molecular weight excluding hydrogens is 354 g/mol. The minimum absolute atomic E-state index is 0.0943. The van der Waals surface area contributed by atoms with Crippen molar-refractivity contribution in [3.63, 3.8) is 0 Å². The number of aryl methyl sites for hydroxylation is 1. The summed E-state index contributed by atoms with van der Waals surface area (Å²) in [5.74, 6) is 0.0943. The van der Waals surface area contributed by atoms with Crippen LogP contribution >= 0.6 is 12.2 Å². The molecule has 2 aromatic rings. The first kappa shape index (κ1) is 19.4. The first-order valence-corrected chi connectivity index (χ1v) is 10.1. The number of rotatable bonds is 5. The molecule has 2 aromatic carbocycles. The second kappa shape index (κ2) is 9.51. The highest BCUT2D eigenvalue weighted by atomic mass is 32.1. The molecule has 0 bridgehead atoms. The van der Waals surface area contributed by atoms with Crippen LogP contribution in [-0.2, 0) is 6.42 Å². The van der Waals surface area contributed by atoms with Crippen molar-refractivity contribution < 1.29 is 4.79 Å². The van der Waals surface area contributed by atoms with Crippen LogP contribution in [0.25, 0.3) is 0 Å². The normalized spacial score (nSPS) is 14.1. The monoisotopic (exact) mass is 381 g/mol. The van der Waals surface area contributed by atoms with Crippen LogP contribution in [-0.4, -0.2) is 47.0 Å². The Morgan fingerprint density at radius 2 is 1.59 bits per heavy atom. The molecule has 1 aliphatic rings. The summed E-state index contributed by atoms with van der Waals surface area (Å²) in [6, 6.07) is 18.0. The molecule has 0 aliphatic carbocycles. The van der Waals surface area contributed by atoms with Gasteiger partial charge in [-0.25, -0.2) is 0 Å². The maximum absolute atomic E-state index is 12.5. The van der Waals surface area contributed by atoms with Crippen LogP contribution in [0, 0.1) is 0 Å². The van der Waals surface area contributed by atoms with Gasteiger partial charge >= 0.3 is 0 Å². The summed E-state index contributed by atoms with van der Waals surface area (Å²) < 4.78 is 0. The van der Waals surface area contributed by atoms with Crippen molar-refractivity contribution >= 4 is 28.9 Å². The molecule has 27 heavy (non-hydrogen) atoms. The highest BCUT2D eigenvalue weighted by Crippen LogP contribution is 2.14. The highest BCUT2D eigenvalue weighted by molar-refractivity contribution is 7.80. The molecule has 0 saturated carbocycles. The zero-order chi connectivity index (χ0) is 19.1. The zero-order valence-electron chi connectivity index (χ0n) is 15.9. The number of unbranched alkanes of at least 4 members (excludes halogenated alkanes) is 1. The topological polar surface area (TPSA) is 35.6 Å². The second-order valence-electron chi connectivity index (χ2n) is 6.88. The predicted molar refractivity (Wildman–Crippen MR) is 115 cm³/mol. The van der Waals surface area contributed by atoms with Crippen LogP contribution in [0.3, 0.4) is 0 Å². The van der Waals surface area contributed by atoms with Crippen molar-refractivity contribution in [2.24, 2.45) is 0 Å². The van der Waals surface area contributed by atoms with Crippen molar-refractivity contribution in [3.8, 4) is 0 Å². The van der Waals surface area contributed by atoms with Crippen LogP contribution in [0.2, 0.25) is 0 Å². The van der Waals surface area contributed by atoms with E-state index in [0.29, 0.717) is 13.1 Å². The Morgan fingerprint density at radius 3 is 2.22 bits per heavy atom. The van der Waals surface area contributed by atoms with Gasteiger partial charge in [-0.1, -0.05) is 43.7 Å². The van der Waals surface area contributed by atoms with Gasteiger partial charge in [0.2, 0.25) is 0 Å². The number of carbonyl (C=O) groups is 1. The highest BCUT2D eigenvalue weighted by Gasteiger charge is 2.23. The lowest BCUT2D eigenvalue weighted by Gasteiger charge is -2.36. The zero-order valence-corrected chi connectivity index (χ0v) is 16.7. The van der Waals surface area contributed by atoms with Gasteiger partial charge in [-0.15, -0.1) is 0 Å². The van der Waals surface area contributed by atoms with Gasteiger partial charge in [0, 0.05) is 37.4 Å². The van der Waals surface area contributed by atoms with Crippen LogP contribution in [0.5, 0.6) is 0 Å². The summed E-state index contributed by atoms with van der Waals surface area (Å²) in [6.07, 6.45) is 3.55. The number of benzene rings is 2. The maximum atomic E-state index is 12.5. The molecule has 1 saturated heterocycles. The Kier molecular flexibility index (Phi) is 6.82. The quantitative estimate of drug-likeness (QED) is 0.788. The molecule has 1 N–H and O–H groups in total. The third-order valence-electron chi connectivity index (χ3n) is 4.90. The molecule has 0 unspecified atom stereocenters. The van der Waals surface area contributed by atoms with Crippen LogP contribution < -0.4 is 5.32 Å². The Bertz CT molecular complexity index is 753. The Balaban J connectivity index is 1.49. The van der Waals surface area contributed by atoms with E-state index in [1.807, 2.05) is 35.2 Å². The predicted octanol–water partition coefficient (Wildman–Crippen LogP) is 4.18. The largest absolute Gasteiger partial charge is 0.345 e. The van der Waals surface area contributed by atoms with E-state index in [4.69, 9.17) is 12.2 Å². The Hall–Kier alpha value is -2.40. The van der Waals surface area contributed by atoms with Gasteiger partial charge in [-0.3, -0.25) is 4.79 Å². The lowest BCUT2D eigenvalue weighted by Crippen LogP contribution is -2.51. The molecule has 1 fully saturated rings. The summed E-state index contributed by atoms with van der Waals surface area (Å²) in [6.45, 7) is 5.08. The first-order valence-electron chi connectivity index (χ1n) is 9.66.